The summed E-state index contributed by atoms with van der Waals surface area (Å²) in [6.45, 7) is 1.45. The van der Waals surface area contributed by atoms with E-state index < -0.39 is 38.2 Å². The standard InChI is InChI=1S/C17H13F4N3O3S/c1-10-13(9-22-24(10)14-5-3-2-4-12(14)18)23-28(26,27)16-8-11(17(19,20)21)6-7-15(16)25/h2-9,23,25H,1H3. The smallest absolute Gasteiger partial charge is 0.416 e. The predicted octanol–water partition coefficient (Wildman–Crippen LogP) is 3.85. The van der Waals surface area contributed by atoms with Gasteiger partial charge in [-0.15, -0.1) is 0 Å². The lowest BCUT2D eigenvalue weighted by molar-refractivity contribution is -0.137. The van der Waals surface area contributed by atoms with Crippen LogP contribution in [0.1, 0.15) is 11.3 Å². The molecule has 0 saturated heterocycles. The summed E-state index contributed by atoms with van der Waals surface area (Å²) < 4.78 is 80.8. The molecule has 0 aliphatic rings. The Hall–Kier alpha value is -3.08. The molecule has 0 atom stereocenters. The number of alkyl halides is 3. The maximum atomic E-state index is 13.9. The number of benzene rings is 2. The minimum atomic E-state index is -4.79. The van der Waals surface area contributed by atoms with Gasteiger partial charge in [0, 0.05) is 0 Å². The molecule has 28 heavy (non-hydrogen) atoms. The maximum Gasteiger partial charge on any atom is 0.416 e. The fourth-order valence-corrected chi connectivity index (χ4v) is 3.71. The van der Waals surface area contributed by atoms with Crippen LogP contribution in [0.25, 0.3) is 5.69 Å². The van der Waals surface area contributed by atoms with E-state index in [9.17, 15) is 31.1 Å². The van der Waals surface area contributed by atoms with Gasteiger partial charge in [-0.3, -0.25) is 4.72 Å². The average molecular weight is 415 g/mol. The summed E-state index contributed by atoms with van der Waals surface area (Å²) in [5.41, 5.74) is -1.06. The number of aromatic hydroxyl groups is 1. The zero-order valence-electron chi connectivity index (χ0n) is 14.2. The van der Waals surface area contributed by atoms with Crippen molar-refractivity contribution < 1.29 is 31.1 Å². The van der Waals surface area contributed by atoms with Crippen LogP contribution in [0.5, 0.6) is 5.75 Å². The number of halogens is 4. The van der Waals surface area contributed by atoms with E-state index in [0.29, 0.717) is 18.2 Å². The minimum Gasteiger partial charge on any atom is -0.507 e. The SMILES string of the molecule is Cc1c(NS(=O)(=O)c2cc(C(F)(F)F)ccc2O)cnn1-c1ccccc1F. The summed E-state index contributed by atoms with van der Waals surface area (Å²) in [6.07, 6.45) is -3.70. The zero-order valence-corrected chi connectivity index (χ0v) is 15.0. The van der Waals surface area contributed by atoms with Gasteiger partial charge in [0.1, 0.15) is 22.1 Å². The Labute approximate surface area is 157 Å². The summed E-state index contributed by atoms with van der Waals surface area (Å²) in [5, 5.41) is 13.7. The van der Waals surface area contributed by atoms with Crippen molar-refractivity contribution in [3.63, 3.8) is 0 Å². The van der Waals surface area contributed by atoms with E-state index in [4.69, 9.17) is 0 Å². The normalized spacial score (nSPS) is 12.2. The highest BCUT2D eigenvalue weighted by Gasteiger charge is 2.33. The first-order valence-corrected chi connectivity index (χ1v) is 9.21. The molecule has 0 amide bonds. The molecule has 1 heterocycles. The average Bonchev–Trinajstić information content (AvgIpc) is 2.94. The highest BCUT2D eigenvalue weighted by atomic mass is 32.2. The number of para-hydroxylation sites is 1. The fraction of sp³-hybridized carbons (Fsp3) is 0.118. The number of nitrogens with one attached hydrogen (secondary N) is 1. The van der Waals surface area contributed by atoms with Gasteiger partial charge in [0.25, 0.3) is 10.0 Å². The molecule has 0 unspecified atom stereocenters. The predicted molar refractivity (Wildman–Crippen MR) is 92.2 cm³/mol. The van der Waals surface area contributed by atoms with Crippen LogP contribution in [-0.2, 0) is 16.2 Å². The Morgan fingerprint density at radius 2 is 1.82 bits per heavy atom. The second kappa shape index (κ2) is 6.82. The number of hydrogen-bond donors (Lipinski definition) is 2. The van der Waals surface area contributed by atoms with E-state index in [1.165, 1.54) is 25.1 Å². The molecule has 0 aliphatic heterocycles. The van der Waals surface area contributed by atoms with Gasteiger partial charge in [-0.1, -0.05) is 12.1 Å². The van der Waals surface area contributed by atoms with E-state index in [1.54, 1.807) is 6.07 Å². The summed E-state index contributed by atoms with van der Waals surface area (Å²) in [5.74, 6) is -1.45. The Kier molecular flexibility index (Phi) is 4.79. The number of nitrogens with zero attached hydrogens (tertiary/aromatic N) is 2. The first-order chi connectivity index (χ1) is 13.0. The monoisotopic (exact) mass is 415 g/mol. The van der Waals surface area contributed by atoms with Crippen molar-refractivity contribution >= 4 is 15.7 Å². The Balaban J connectivity index is 2.00. The molecule has 0 spiro atoms. The Bertz CT molecular complexity index is 1140. The van der Waals surface area contributed by atoms with Crippen molar-refractivity contribution in [1.29, 1.82) is 0 Å². The summed E-state index contributed by atoms with van der Waals surface area (Å²) in [7, 11) is -4.58. The molecule has 0 bridgehead atoms. The van der Waals surface area contributed by atoms with Gasteiger partial charge in [-0.25, -0.2) is 17.5 Å². The van der Waals surface area contributed by atoms with Crippen molar-refractivity contribution in [3.8, 4) is 11.4 Å². The molecule has 148 valence electrons. The van der Waals surface area contributed by atoms with Crippen LogP contribution in [0.3, 0.4) is 0 Å². The van der Waals surface area contributed by atoms with Gasteiger partial charge in [-0.2, -0.15) is 18.3 Å². The highest BCUT2D eigenvalue weighted by molar-refractivity contribution is 7.92. The number of phenolic OH excluding ortho intramolecular Hbond substituents is 1. The van der Waals surface area contributed by atoms with Crippen molar-refractivity contribution in [1.82, 2.24) is 9.78 Å². The first kappa shape index (κ1) is 19.7. The molecule has 1 aromatic heterocycles. The van der Waals surface area contributed by atoms with Gasteiger partial charge in [0.2, 0.25) is 0 Å². The maximum absolute atomic E-state index is 13.9. The van der Waals surface area contributed by atoms with Crippen molar-refractivity contribution in [2.45, 2.75) is 18.0 Å². The van der Waals surface area contributed by atoms with Gasteiger partial charge < -0.3 is 5.11 Å². The zero-order chi connectivity index (χ0) is 20.7. The van der Waals surface area contributed by atoms with E-state index in [0.717, 1.165) is 10.9 Å². The number of hydrogen-bond acceptors (Lipinski definition) is 4. The molecule has 0 saturated carbocycles. The molecule has 6 nitrogen and oxygen atoms in total. The van der Waals surface area contributed by atoms with Crippen LogP contribution >= 0.6 is 0 Å². The third-order valence-corrected chi connectivity index (χ3v) is 5.31. The van der Waals surface area contributed by atoms with E-state index >= 15 is 0 Å². The summed E-state index contributed by atoms with van der Waals surface area (Å²) in [6, 6.07) is 7.19. The fourth-order valence-electron chi connectivity index (χ4n) is 2.48. The topological polar surface area (TPSA) is 84.2 Å². The van der Waals surface area contributed by atoms with Crippen LogP contribution in [0.4, 0.5) is 23.2 Å². The van der Waals surface area contributed by atoms with Gasteiger partial charge >= 0.3 is 6.18 Å². The molecule has 3 rings (SSSR count). The lowest BCUT2D eigenvalue weighted by Crippen LogP contribution is -2.15. The van der Waals surface area contributed by atoms with Crippen LogP contribution in [0.2, 0.25) is 0 Å². The molecular weight excluding hydrogens is 402 g/mol. The van der Waals surface area contributed by atoms with Crippen LogP contribution < -0.4 is 4.72 Å². The van der Waals surface area contributed by atoms with Gasteiger partial charge in [-0.05, 0) is 37.3 Å². The Morgan fingerprint density at radius 1 is 1.14 bits per heavy atom. The number of sulfonamides is 1. The number of phenols is 1. The van der Waals surface area contributed by atoms with Gasteiger partial charge in [0.05, 0.1) is 23.1 Å². The lowest BCUT2D eigenvalue weighted by atomic mass is 10.2. The van der Waals surface area contributed by atoms with Crippen LogP contribution in [0.15, 0.2) is 53.6 Å². The molecule has 3 aromatic rings. The van der Waals surface area contributed by atoms with Crippen molar-refractivity contribution in [2.75, 3.05) is 4.72 Å². The molecular formula is C17H13F4N3O3S. The lowest BCUT2D eigenvalue weighted by Gasteiger charge is -2.12. The largest absolute Gasteiger partial charge is 0.507 e. The third-order valence-electron chi connectivity index (χ3n) is 3.91. The van der Waals surface area contributed by atoms with Gasteiger partial charge in [0.15, 0.2) is 0 Å². The molecule has 0 fully saturated rings. The van der Waals surface area contributed by atoms with Crippen molar-refractivity contribution in [3.05, 3.63) is 65.7 Å². The molecule has 11 heteroatoms. The van der Waals surface area contributed by atoms with E-state index in [1.807, 2.05) is 0 Å². The van der Waals surface area contributed by atoms with Crippen molar-refractivity contribution in [2.24, 2.45) is 0 Å². The van der Waals surface area contributed by atoms with E-state index in [-0.39, 0.29) is 17.1 Å². The van der Waals surface area contributed by atoms with Crippen LogP contribution in [0, 0.1) is 12.7 Å². The summed E-state index contributed by atoms with van der Waals surface area (Å²) >= 11 is 0. The highest BCUT2D eigenvalue weighted by Crippen LogP contribution is 2.35. The summed E-state index contributed by atoms with van der Waals surface area (Å²) in [4.78, 5) is -0.944. The number of anilines is 1. The molecule has 0 radical (unpaired) electrons. The quantitative estimate of drug-likeness (QED) is 0.634. The van der Waals surface area contributed by atoms with E-state index in [2.05, 4.69) is 9.82 Å². The molecule has 2 N–H and O–H groups in total. The third kappa shape index (κ3) is 3.65. The molecule has 0 aliphatic carbocycles. The second-order valence-electron chi connectivity index (χ2n) is 5.79. The van der Waals surface area contributed by atoms with Crippen LogP contribution in [-0.4, -0.2) is 23.3 Å². The number of aromatic nitrogens is 2. The number of rotatable bonds is 4. The molecule has 2 aromatic carbocycles. The Morgan fingerprint density at radius 3 is 2.46 bits per heavy atom. The second-order valence-corrected chi connectivity index (χ2v) is 7.44. The minimum absolute atomic E-state index is 0.0624. The first-order valence-electron chi connectivity index (χ1n) is 7.73.